The largest absolute Gasteiger partial charge is 0.394 e. The Morgan fingerprint density at radius 2 is 0.630 bits per heavy atom. The summed E-state index contributed by atoms with van der Waals surface area (Å²) in [6, 6.07) is 0. The summed E-state index contributed by atoms with van der Waals surface area (Å²) in [5.74, 6) is 1.61. The Balaban J connectivity index is 3.23. The van der Waals surface area contributed by atoms with Crippen molar-refractivity contribution in [3.05, 3.63) is 0 Å². The molecule has 15 nitrogen and oxygen atoms in total. The molecule has 0 fully saturated rings. The van der Waals surface area contributed by atoms with Crippen molar-refractivity contribution in [2.45, 2.75) is 6.10 Å². The molecule has 0 radical (unpaired) electrons. The van der Waals surface area contributed by atoms with E-state index in [1.807, 2.05) is 0 Å². The van der Waals surface area contributed by atoms with Crippen LogP contribution in [-0.2, 0) is 65.2 Å². The first-order chi connectivity index (χ1) is 22.8. The number of hydrogen-bond acceptors (Lipinski definition) is 17. The summed E-state index contributed by atoms with van der Waals surface area (Å²) in [5.41, 5.74) is 0. The minimum Gasteiger partial charge on any atom is -0.394 e. The van der Waals surface area contributed by atoms with Gasteiger partial charge in [-0.1, -0.05) is 0 Å². The molecule has 0 aliphatic heterocycles. The zero-order chi connectivity index (χ0) is 33.3. The van der Waals surface area contributed by atoms with Crippen LogP contribution in [0, 0.1) is 0 Å². The molecule has 0 spiro atoms. The van der Waals surface area contributed by atoms with Crippen molar-refractivity contribution in [1.29, 1.82) is 0 Å². The van der Waals surface area contributed by atoms with Gasteiger partial charge < -0.3 is 70.3 Å². The Labute approximate surface area is 284 Å². The maximum atomic E-state index is 9.47. The first-order valence-electron chi connectivity index (χ1n) is 15.7. The molecule has 17 heteroatoms. The van der Waals surface area contributed by atoms with E-state index in [9.17, 15) is 5.11 Å². The monoisotopic (exact) mass is 712 g/mol. The summed E-state index contributed by atoms with van der Waals surface area (Å²) in [6.07, 6.45) is -0.416. The summed E-state index contributed by atoms with van der Waals surface area (Å²) >= 11 is 2.74. The van der Waals surface area contributed by atoms with Gasteiger partial charge in [0.25, 0.3) is 0 Å². The van der Waals surface area contributed by atoms with Crippen molar-refractivity contribution in [1.82, 2.24) is 0 Å². The van der Waals surface area contributed by atoms with E-state index in [2.05, 4.69) is 0 Å². The second kappa shape index (κ2) is 43.1. The zero-order valence-corrected chi connectivity index (χ0v) is 29.6. The van der Waals surface area contributed by atoms with Crippen molar-refractivity contribution in [3.8, 4) is 0 Å². The van der Waals surface area contributed by atoms with Gasteiger partial charge >= 0.3 is 0 Å². The van der Waals surface area contributed by atoms with Gasteiger partial charge in [0.15, 0.2) is 0 Å². The van der Waals surface area contributed by atoms with E-state index in [1.54, 1.807) is 14.2 Å². The van der Waals surface area contributed by atoms with E-state index in [4.69, 9.17) is 65.2 Å². The van der Waals surface area contributed by atoms with Gasteiger partial charge in [-0.3, -0.25) is 0 Å². The summed E-state index contributed by atoms with van der Waals surface area (Å²) in [6.45, 7) is 11.1. The third-order valence-electron chi connectivity index (χ3n) is 5.29. The first-order valence-corrected chi connectivity index (χ1v) is 17.6. The maximum Gasteiger partial charge on any atom is 0.104 e. The van der Waals surface area contributed by atoms with E-state index in [-0.39, 0.29) is 13.2 Å². The highest BCUT2D eigenvalue weighted by Gasteiger charge is 2.08. The van der Waals surface area contributed by atoms with E-state index in [1.165, 1.54) is 24.1 Å². The quantitative estimate of drug-likeness (QED) is 0.0711. The number of ether oxygens (including phenoxy) is 12. The molecule has 0 aliphatic carbocycles. The number of hydrogen-bond donors (Lipinski definition) is 1. The van der Waals surface area contributed by atoms with Gasteiger partial charge in [0, 0.05) is 11.5 Å². The summed E-state index contributed by atoms with van der Waals surface area (Å²) in [7, 11) is 3.28. The van der Waals surface area contributed by atoms with E-state index in [0.717, 1.165) is 11.5 Å². The Kier molecular flexibility index (Phi) is 43.2. The van der Waals surface area contributed by atoms with Crippen molar-refractivity contribution in [2.24, 2.45) is 0 Å². The standard InChI is InChI=1S/C29H60O15S2/c1-31-45-25-23-41-17-15-37-9-7-33-3-4-35-11-12-39-19-20-43-28-29(27-30)44-22-21-40-14-13-36-6-5-34-8-10-38-16-18-42-24-26-46-32-2/h29-30H,3-28H2,1-2H3. The molecule has 46 heavy (non-hydrogen) atoms. The van der Waals surface area contributed by atoms with Crippen LogP contribution >= 0.6 is 24.1 Å². The lowest BCUT2D eigenvalue weighted by molar-refractivity contribution is -0.0713. The fourth-order valence-corrected chi connectivity index (χ4v) is 3.78. The predicted octanol–water partition coefficient (Wildman–Crippen LogP) is 1.14. The third-order valence-corrected chi connectivity index (χ3v) is 6.43. The third kappa shape index (κ3) is 40.3. The molecule has 0 aromatic rings. The SMILES string of the molecule is COSCCOCCOCCOCCOCCOCCOCC(CO)OCCOCCOCCOCCOCCOCCSOC. The summed E-state index contributed by atoms with van der Waals surface area (Å²) in [4.78, 5) is 0. The molecule has 1 unspecified atom stereocenters. The highest BCUT2D eigenvalue weighted by atomic mass is 32.2. The highest BCUT2D eigenvalue weighted by Crippen LogP contribution is 1.98. The second-order valence-electron chi connectivity index (χ2n) is 8.85. The molecular formula is C29H60O15S2. The van der Waals surface area contributed by atoms with Crippen molar-refractivity contribution < 1.29 is 70.3 Å². The van der Waals surface area contributed by atoms with Gasteiger partial charge in [-0.2, -0.15) is 0 Å². The van der Waals surface area contributed by atoms with Crippen molar-refractivity contribution >= 4 is 24.1 Å². The average Bonchev–Trinajstić information content (AvgIpc) is 3.07. The molecule has 0 amide bonds. The highest BCUT2D eigenvalue weighted by molar-refractivity contribution is 7.94. The van der Waals surface area contributed by atoms with Crippen LogP contribution in [0.4, 0.5) is 0 Å². The molecule has 0 aromatic carbocycles. The average molecular weight is 713 g/mol. The van der Waals surface area contributed by atoms with Crippen LogP contribution in [0.25, 0.3) is 0 Å². The lowest BCUT2D eigenvalue weighted by Crippen LogP contribution is -2.27. The molecule has 0 rings (SSSR count). The normalized spacial score (nSPS) is 12.3. The van der Waals surface area contributed by atoms with Crippen LogP contribution < -0.4 is 0 Å². The van der Waals surface area contributed by atoms with Gasteiger partial charge in [-0.15, -0.1) is 0 Å². The van der Waals surface area contributed by atoms with Crippen LogP contribution in [0.15, 0.2) is 0 Å². The van der Waals surface area contributed by atoms with Crippen molar-refractivity contribution in [2.75, 3.05) is 184 Å². The van der Waals surface area contributed by atoms with E-state index < -0.39 is 6.10 Å². The van der Waals surface area contributed by atoms with Crippen LogP contribution in [0.3, 0.4) is 0 Å². The molecular weight excluding hydrogens is 652 g/mol. The van der Waals surface area contributed by atoms with Gasteiger partial charge in [-0.25, -0.2) is 0 Å². The zero-order valence-electron chi connectivity index (χ0n) is 27.9. The number of rotatable bonds is 42. The molecule has 0 aliphatic rings. The Hall–Kier alpha value is 0.1000. The Morgan fingerprint density at radius 1 is 0.370 bits per heavy atom. The fourth-order valence-electron chi connectivity index (χ4n) is 3.08. The molecule has 0 aromatic heterocycles. The summed E-state index contributed by atoms with van der Waals surface area (Å²) < 4.78 is 75.2. The van der Waals surface area contributed by atoms with Gasteiger partial charge in [0.1, 0.15) is 6.10 Å². The topological polar surface area (TPSA) is 149 Å². The smallest absolute Gasteiger partial charge is 0.104 e. The molecule has 0 saturated carbocycles. The van der Waals surface area contributed by atoms with Gasteiger partial charge in [0.05, 0.1) is 173 Å². The molecule has 0 bridgehead atoms. The Bertz CT molecular complexity index is 547. The Morgan fingerprint density at radius 3 is 0.913 bits per heavy atom. The van der Waals surface area contributed by atoms with Crippen LogP contribution in [0.2, 0.25) is 0 Å². The van der Waals surface area contributed by atoms with Crippen molar-refractivity contribution in [3.63, 3.8) is 0 Å². The fraction of sp³-hybridized carbons (Fsp3) is 1.00. The van der Waals surface area contributed by atoms with Crippen LogP contribution in [-0.4, -0.2) is 196 Å². The van der Waals surface area contributed by atoms with E-state index in [0.29, 0.717) is 145 Å². The second-order valence-corrected chi connectivity index (χ2v) is 10.8. The lowest BCUT2D eigenvalue weighted by Gasteiger charge is -2.16. The molecule has 278 valence electrons. The minimum atomic E-state index is -0.416. The van der Waals surface area contributed by atoms with Crippen LogP contribution in [0.5, 0.6) is 0 Å². The van der Waals surface area contributed by atoms with Gasteiger partial charge in [-0.05, 0) is 24.1 Å². The number of aliphatic hydroxyl groups excluding tert-OH is 1. The van der Waals surface area contributed by atoms with Crippen LogP contribution in [0.1, 0.15) is 0 Å². The van der Waals surface area contributed by atoms with Gasteiger partial charge in [0.2, 0.25) is 0 Å². The summed E-state index contributed by atoms with van der Waals surface area (Å²) in [5, 5.41) is 9.47. The molecule has 0 saturated heterocycles. The van der Waals surface area contributed by atoms with E-state index >= 15 is 0 Å². The lowest BCUT2D eigenvalue weighted by atomic mass is 10.4. The molecule has 1 atom stereocenters. The molecule has 0 heterocycles. The maximum absolute atomic E-state index is 9.47. The minimum absolute atomic E-state index is 0.137. The first kappa shape index (κ1) is 46.1. The number of aliphatic hydroxyl groups is 1. The molecule has 1 N–H and O–H groups in total. The predicted molar refractivity (Wildman–Crippen MR) is 175 cm³/mol.